The van der Waals surface area contributed by atoms with Crippen LogP contribution >= 0.6 is 11.3 Å². The number of nitrogens with zero attached hydrogens (tertiary/aromatic N) is 1. The Kier molecular flexibility index (Phi) is 4.77. The first-order chi connectivity index (χ1) is 13.1. The number of benzene rings is 2. The van der Waals surface area contributed by atoms with E-state index >= 15 is 0 Å². The topological polar surface area (TPSA) is 60.5 Å². The van der Waals surface area contributed by atoms with Crippen molar-refractivity contribution < 1.29 is 18.7 Å². The minimum Gasteiger partial charge on any atom is -0.486 e. The Bertz CT molecular complexity index is 985. The van der Waals surface area contributed by atoms with Crippen molar-refractivity contribution in [2.75, 3.05) is 18.5 Å². The lowest BCUT2D eigenvalue weighted by atomic mass is 10.1. The van der Waals surface area contributed by atoms with Crippen molar-refractivity contribution in [2.45, 2.75) is 13.3 Å². The van der Waals surface area contributed by atoms with Gasteiger partial charge in [-0.1, -0.05) is 6.07 Å². The molecule has 0 saturated heterocycles. The summed E-state index contributed by atoms with van der Waals surface area (Å²) < 4.78 is 24.1. The van der Waals surface area contributed by atoms with Crippen LogP contribution in [0.15, 0.2) is 42.5 Å². The van der Waals surface area contributed by atoms with Gasteiger partial charge in [0.25, 0.3) is 0 Å². The van der Waals surface area contributed by atoms with Crippen molar-refractivity contribution >= 4 is 22.4 Å². The number of carbonyl (C=O) groups excluding carboxylic acids is 1. The van der Waals surface area contributed by atoms with Crippen LogP contribution in [0.2, 0.25) is 0 Å². The van der Waals surface area contributed by atoms with E-state index in [1.165, 1.54) is 23.5 Å². The summed E-state index contributed by atoms with van der Waals surface area (Å²) in [5.74, 6) is 0.908. The standard InChI is InChI=1S/C20H17FN2O3S/c1-12-19(14-3-5-15(21)6-4-14)23-20(27-12)22-18(24)11-13-2-7-16-17(10-13)26-9-8-25-16/h2-7,10H,8-9,11H2,1H3,(H,22,23,24). The molecule has 1 aliphatic rings. The third-order valence-corrected chi connectivity index (χ3v) is 5.02. The summed E-state index contributed by atoms with van der Waals surface area (Å²) in [6.45, 7) is 2.96. The Balaban J connectivity index is 1.45. The number of anilines is 1. The van der Waals surface area contributed by atoms with E-state index in [0.717, 1.165) is 21.7 Å². The number of nitrogens with one attached hydrogen (secondary N) is 1. The second-order valence-electron chi connectivity index (χ2n) is 6.13. The molecule has 0 fully saturated rings. The number of hydrogen-bond donors (Lipinski definition) is 1. The van der Waals surface area contributed by atoms with Crippen molar-refractivity contribution in [2.24, 2.45) is 0 Å². The molecule has 2 heterocycles. The maximum atomic E-state index is 13.1. The van der Waals surface area contributed by atoms with E-state index in [2.05, 4.69) is 10.3 Å². The number of fused-ring (bicyclic) bond motifs is 1. The molecule has 1 N–H and O–H groups in total. The lowest BCUT2D eigenvalue weighted by Crippen LogP contribution is -2.17. The minimum atomic E-state index is -0.292. The molecule has 138 valence electrons. The molecule has 1 aliphatic heterocycles. The van der Waals surface area contributed by atoms with Crippen LogP contribution in [0, 0.1) is 12.7 Å². The van der Waals surface area contributed by atoms with Gasteiger partial charge in [-0.2, -0.15) is 0 Å². The van der Waals surface area contributed by atoms with E-state index in [1.807, 2.05) is 25.1 Å². The fourth-order valence-electron chi connectivity index (χ4n) is 2.87. The summed E-state index contributed by atoms with van der Waals surface area (Å²) in [6.07, 6.45) is 0.209. The molecular weight excluding hydrogens is 367 g/mol. The highest BCUT2D eigenvalue weighted by molar-refractivity contribution is 7.16. The van der Waals surface area contributed by atoms with Crippen molar-refractivity contribution in [1.29, 1.82) is 0 Å². The Morgan fingerprint density at radius 1 is 1.15 bits per heavy atom. The Morgan fingerprint density at radius 2 is 1.89 bits per heavy atom. The summed E-state index contributed by atoms with van der Waals surface area (Å²) in [5, 5.41) is 3.36. The van der Waals surface area contributed by atoms with E-state index in [4.69, 9.17) is 9.47 Å². The van der Waals surface area contributed by atoms with Crippen LogP contribution in [-0.4, -0.2) is 24.1 Å². The van der Waals surface area contributed by atoms with Gasteiger partial charge in [0.15, 0.2) is 16.6 Å². The summed E-state index contributed by atoms with van der Waals surface area (Å²) in [7, 11) is 0. The molecule has 1 amide bonds. The smallest absolute Gasteiger partial charge is 0.230 e. The maximum Gasteiger partial charge on any atom is 0.230 e. The van der Waals surface area contributed by atoms with Crippen LogP contribution < -0.4 is 14.8 Å². The van der Waals surface area contributed by atoms with Crippen molar-refractivity contribution in [3.63, 3.8) is 0 Å². The molecule has 7 heteroatoms. The highest BCUT2D eigenvalue weighted by Crippen LogP contribution is 2.32. The Morgan fingerprint density at radius 3 is 2.67 bits per heavy atom. The van der Waals surface area contributed by atoms with E-state index in [9.17, 15) is 9.18 Å². The minimum absolute atomic E-state index is 0.161. The number of amides is 1. The van der Waals surface area contributed by atoms with E-state index in [0.29, 0.717) is 29.8 Å². The lowest BCUT2D eigenvalue weighted by molar-refractivity contribution is -0.115. The molecular formula is C20H17FN2O3S. The first-order valence-electron chi connectivity index (χ1n) is 8.50. The quantitative estimate of drug-likeness (QED) is 0.732. The molecule has 2 aromatic carbocycles. The number of thiazole rings is 1. The van der Waals surface area contributed by atoms with Crippen LogP contribution in [0.3, 0.4) is 0 Å². The van der Waals surface area contributed by atoms with E-state index < -0.39 is 0 Å². The van der Waals surface area contributed by atoms with Crippen molar-refractivity contribution in [3.8, 4) is 22.8 Å². The number of rotatable bonds is 4. The van der Waals surface area contributed by atoms with E-state index in [-0.39, 0.29) is 18.1 Å². The van der Waals surface area contributed by atoms with Gasteiger partial charge in [-0.15, -0.1) is 11.3 Å². The van der Waals surface area contributed by atoms with Gasteiger partial charge in [-0.25, -0.2) is 9.37 Å². The molecule has 27 heavy (non-hydrogen) atoms. The van der Waals surface area contributed by atoms with Gasteiger partial charge in [0.1, 0.15) is 19.0 Å². The third kappa shape index (κ3) is 3.93. The molecule has 3 aromatic rings. The fraction of sp³-hybridized carbons (Fsp3) is 0.200. The maximum absolute atomic E-state index is 13.1. The number of halogens is 1. The predicted octanol–water partition coefficient (Wildman–Crippen LogP) is 4.21. The number of ether oxygens (including phenoxy) is 2. The molecule has 0 radical (unpaired) electrons. The van der Waals surface area contributed by atoms with Crippen molar-refractivity contribution in [1.82, 2.24) is 4.98 Å². The fourth-order valence-corrected chi connectivity index (χ4v) is 3.72. The first kappa shape index (κ1) is 17.5. The normalized spacial score (nSPS) is 12.7. The predicted molar refractivity (Wildman–Crippen MR) is 102 cm³/mol. The Labute approximate surface area is 159 Å². The van der Waals surface area contributed by atoms with Crippen LogP contribution in [-0.2, 0) is 11.2 Å². The second kappa shape index (κ2) is 7.36. The van der Waals surface area contributed by atoms with Gasteiger partial charge in [0.2, 0.25) is 5.91 Å². The van der Waals surface area contributed by atoms with Crippen LogP contribution in [0.4, 0.5) is 9.52 Å². The Hall–Kier alpha value is -2.93. The van der Waals surface area contributed by atoms with Gasteiger partial charge in [0, 0.05) is 10.4 Å². The summed E-state index contributed by atoms with van der Waals surface area (Å²) >= 11 is 1.39. The third-order valence-electron chi connectivity index (χ3n) is 4.13. The number of hydrogen-bond acceptors (Lipinski definition) is 5. The van der Waals surface area contributed by atoms with Crippen LogP contribution in [0.1, 0.15) is 10.4 Å². The van der Waals surface area contributed by atoms with Gasteiger partial charge in [-0.3, -0.25) is 4.79 Å². The largest absolute Gasteiger partial charge is 0.486 e. The number of carbonyl (C=O) groups is 1. The molecule has 0 unspecified atom stereocenters. The average Bonchev–Trinajstić information content (AvgIpc) is 3.02. The molecule has 0 bridgehead atoms. The van der Waals surface area contributed by atoms with Crippen molar-refractivity contribution in [3.05, 3.63) is 58.7 Å². The van der Waals surface area contributed by atoms with Gasteiger partial charge < -0.3 is 14.8 Å². The molecule has 0 atom stereocenters. The summed E-state index contributed by atoms with van der Waals surface area (Å²) in [4.78, 5) is 17.8. The zero-order chi connectivity index (χ0) is 18.8. The summed E-state index contributed by atoms with van der Waals surface area (Å²) in [6, 6.07) is 11.6. The lowest BCUT2D eigenvalue weighted by Gasteiger charge is -2.18. The molecule has 5 nitrogen and oxygen atoms in total. The first-order valence-corrected chi connectivity index (χ1v) is 9.32. The molecule has 0 saturated carbocycles. The second-order valence-corrected chi connectivity index (χ2v) is 7.34. The zero-order valence-corrected chi connectivity index (χ0v) is 15.4. The monoisotopic (exact) mass is 384 g/mol. The summed E-state index contributed by atoms with van der Waals surface area (Å²) in [5.41, 5.74) is 2.40. The molecule has 4 rings (SSSR count). The molecule has 0 aliphatic carbocycles. The average molecular weight is 384 g/mol. The van der Waals surface area contributed by atoms with Gasteiger partial charge in [0.05, 0.1) is 12.1 Å². The van der Waals surface area contributed by atoms with Crippen LogP contribution in [0.25, 0.3) is 11.3 Å². The highest BCUT2D eigenvalue weighted by Gasteiger charge is 2.15. The van der Waals surface area contributed by atoms with Gasteiger partial charge in [-0.05, 0) is 48.9 Å². The molecule has 0 spiro atoms. The van der Waals surface area contributed by atoms with Gasteiger partial charge >= 0.3 is 0 Å². The van der Waals surface area contributed by atoms with E-state index in [1.54, 1.807) is 12.1 Å². The highest BCUT2D eigenvalue weighted by atomic mass is 32.1. The van der Waals surface area contributed by atoms with Crippen LogP contribution in [0.5, 0.6) is 11.5 Å². The number of aromatic nitrogens is 1. The molecule has 1 aromatic heterocycles. The SMILES string of the molecule is Cc1sc(NC(=O)Cc2ccc3c(c2)OCCO3)nc1-c1ccc(F)cc1. The number of aryl methyl sites for hydroxylation is 1. The zero-order valence-electron chi connectivity index (χ0n) is 14.6.